The molecule has 4 heteroatoms. The van der Waals surface area contributed by atoms with E-state index >= 15 is 0 Å². The number of thioether (sulfide) groups is 2. The van der Waals surface area contributed by atoms with Crippen LogP contribution in [0.5, 0.6) is 0 Å². The Hall–Kier alpha value is 0.620. The van der Waals surface area contributed by atoms with Gasteiger partial charge in [-0.25, -0.2) is 0 Å². The third-order valence-electron chi connectivity index (χ3n) is 3.40. The fraction of sp³-hybridized carbons (Fsp3) is 1.00. The fourth-order valence-electron chi connectivity index (χ4n) is 2.15. The molecule has 2 atom stereocenters. The van der Waals surface area contributed by atoms with Crippen LogP contribution >= 0.6 is 23.5 Å². The Kier molecular flexibility index (Phi) is 5.11. The minimum absolute atomic E-state index is 0.264. The van der Waals surface area contributed by atoms with Gasteiger partial charge in [-0.05, 0) is 25.5 Å². The normalized spacial score (nSPS) is 32.8. The van der Waals surface area contributed by atoms with Crippen LogP contribution < -0.4 is 5.73 Å². The number of hydrogen-bond acceptors (Lipinski definition) is 4. The Morgan fingerprint density at radius 2 is 2.36 bits per heavy atom. The Morgan fingerprint density at radius 1 is 1.64 bits per heavy atom. The van der Waals surface area contributed by atoms with Crippen LogP contribution in [-0.4, -0.2) is 53.6 Å². The molecule has 1 aliphatic rings. The van der Waals surface area contributed by atoms with E-state index in [9.17, 15) is 0 Å². The first-order valence-corrected chi connectivity index (χ1v) is 7.63. The van der Waals surface area contributed by atoms with Crippen LogP contribution in [0.3, 0.4) is 0 Å². The molecule has 0 amide bonds. The number of rotatable bonds is 5. The van der Waals surface area contributed by atoms with Gasteiger partial charge in [-0.1, -0.05) is 6.92 Å². The van der Waals surface area contributed by atoms with Gasteiger partial charge in [-0.3, -0.25) is 4.90 Å². The van der Waals surface area contributed by atoms with Crippen molar-refractivity contribution >= 4 is 23.5 Å². The van der Waals surface area contributed by atoms with Crippen LogP contribution in [0.4, 0.5) is 0 Å². The lowest BCUT2D eigenvalue weighted by Crippen LogP contribution is -2.56. The van der Waals surface area contributed by atoms with Crippen molar-refractivity contribution < 1.29 is 0 Å². The molecule has 1 heterocycles. The number of likely N-dealkylation sites (N-methyl/N-ethyl adjacent to an activating group) is 1. The Morgan fingerprint density at radius 3 is 2.79 bits per heavy atom. The molecule has 0 bridgehead atoms. The molecule has 0 spiro atoms. The van der Waals surface area contributed by atoms with Gasteiger partial charge in [-0.2, -0.15) is 23.5 Å². The second-order valence-electron chi connectivity index (χ2n) is 3.99. The van der Waals surface area contributed by atoms with Gasteiger partial charge in [0.05, 0.1) is 0 Å². The van der Waals surface area contributed by atoms with Crippen LogP contribution in [0.25, 0.3) is 0 Å². The van der Waals surface area contributed by atoms with E-state index in [-0.39, 0.29) is 5.54 Å². The molecule has 2 unspecified atom stereocenters. The monoisotopic (exact) mass is 234 g/mol. The maximum absolute atomic E-state index is 5.97. The maximum Gasteiger partial charge on any atom is 0.0452 e. The van der Waals surface area contributed by atoms with Crippen LogP contribution in [-0.2, 0) is 0 Å². The molecule has 0 aromatic carbocycles. The van der Waals surface area contributed by atoms with E-state index < -0.39 is 0 Å². The summed E-state index contributed by atoms with van der Waals surface area (Å²) in [6.45, 7) is 4.27. The van der Waals surface area contributed by atoms with Crippen molar-refractivity contribution in [3.8, 4) is 0 Å². The lowest BCUT2D eigenvalue weighted by molar-refractivity contribution is 0.138. The van der Waals surface area contributed by atoms with Crippen LogP contribution in [0.2, 0.25) is 0 Å². The highest BCUT2D eigenvalue weighted by Gasteiger charge is 2.42. The van der Waals surface area contributed by atoms with Crippen LogP contribution in [0, 0.1) is 0 Å². The fourth-order valence-corrected chi connectivity index (χ4v) is 4.13. The first-order valence-electron chi connectivity index (χ1n) is 5.19. The zero-order chi connectivity index (χ0) is 10.6. The zero-order valence-electron chi connectivity index (χ0n) is 9.45. The average Bonchev–Trinajstić information content (AvgIpc) is 2.57. The summed E-state index contributed by atoms with van der Waals surface area (Å²) in [4.78, 5) is 2.48. The lowest BCUT2D eigenvalue weighted by atomic mass is 9.91. The number of hydrogen-bond donors (Lipinski definition) is 1. The summed E-state index contributed by atoms with van der Waals surface area (Å²) >= 11 is 3.97. The van der Waals surface area contributed by atoms with Gasteiger partial charge in [0.2, 0.25) is 0 Å². The van der Waals surface area contributed by atoms with Crippen molar-refractivity contribution in [2.75, 3.05) is 37.9 Å². The Labute approximate surface area is 96.4 Å². The van der Waals surface area contributed by atoms with Crippen molar-refractivity contribution in [1.29, 1.82) is 0 Å². The predicted octanol–water partition coefficient (Wildman–Crippen LogP) is 1.50. The summed E-state index contributed by atoms with van der Waals surface area (Å²) in [7, 11) is 2.23. The molecule has 1 saturated heterocycles. The molecule has 0 saturated carbocycles. The average molecular weight is 234 g/mol. The molecular formula is C10H22N2S2. The van der Waals surface area contributed by atoms with Gasteiger partial charge in [0.1, 0.15) is 0 Å². The lowest BCUT2D eigenvalue weighted by Gasteiger charge is -2.41. The van der Waals surface area contributed by atoms with Gasteiger partial charge in [0.15, 0.2) is 0 Å². The minimum atomic E-state index is 0.264. The highest BCUT2D eigenvalue weighted by molar-refractivity contribution is 8.00. The molecule has 1 rings (SSSR count). The molecule has 14 heavy (non-hydrogen) atoms. The topological polar surface area (TPSA) is 29.3 Å². The van der Waals surface area contributed by atoms with Crippen LogP contribution in [0.15, 0.2) is 0 Å². The Bertz CT molecular complexity index is 178. The quantitative estimate of drug-likeness (QED) is 0.781. The first kappa shape index (κ1) is 12.7. The van der Waals surface area contributed by atoms with Crippen molar-refractivity contribution in [2.45, 2.75) is 24.1 Å². The molecule has 0 aliphatic carbocycles. The maximum atomic E-state index is 5.97. The largest absolute Gasteiger partial charge is 0.329 e. The molecule has 0 aromatic rings. The smallest absolute Gasteiger partial charge is 0.0452 e. The number of nitrogens with two attached hydrogens (primary N) is 1. The Balaban J connectivity index is 2.58. The van der Waals surface area contributed by atoms with E-state index in [1.165, 1.54) is 17.9 Å². The zero-order valence-corrected chi connectivity index (χ0v) is 11.1. The standard InChI is InChI=1S/C10H22N2S2/c1-9-10(8-11,4-6-14-9)12(2)5-7-13-3/h9H,4-8,11H2,1-3H3. The molecule has 1 aliphatic heterocycles. The van der Waals surface area contributed by atoms with Crippen LogP contribution in [0.1, 0.15) is 13.3 Å². The molecule has 1 fully saturated rings. The van der Waals surface area contributed by atoms with E-state index in [0.29, 0.717) is 5.25 Å². The highest BCUT2D eigenvalue weighted by atomic mass is 32.2. The summed E-state index contributed by atoms with van der Waals surface area (Å²) in [5, 5.41) is 0.680. The van der Waals surface area contributed by atoms with Crippen molar-refractivity contribution in [1.82, 2.24) is 4.90 Å². The summed E-state index contributed by atoms with van der Waals surface area (Å²) in [6.07, 6.45) is 3.41. The van der Waals surface area contributed by atoms with E-state index in [1.807, 2.05) is 11.8 Å². The second-order valence-corrected chi connectivity index (χ2v) is 6.42. The van der Waals surface area contributed by atoms with E-state index in [2.05, 4.69) is 36.9 Å². The van der Waals surface area contributed by atoms with Crippen molar-refractivity contribution in [3.05, 3.63) is 0 Å². The third-order valence-corrected chi connectivity index (χ3v) is 5.37. The summed E-state index contributed by atoms with van der Waals surface area (Å²) in [6, 6.07) is 0. The van der Waals surface area contributed by atoms with Gasteiger partial charge >= 0.3 is 0 Å². The summed E-state index contributed by atoms with van der Waals surface area (Å²) in [5.74, 6) is 2.47. The molecule has 0 radical (unpaired) electrons. The van der Waals surface area contributed by atoms with Gasteiger partial charge in [0, 0.05) is 29.6 Å². The molecule has 84 valence electrons. The predicted molar refractivity (Wildman–Crippen MR) is 69.3 cm³/mol. The van der Waals surface area contributed by atoms with Gasteiger partial charge < -0.3 is 5.73 Å². The van der Waals surface area contributed by atoms with Gasteiger partial charge in [-0.15, -0.1) is 0 Å². The molecule has 2 nitrogen and oxygen atoms in total. The SMILES string of the molecule is CSCCN(C)C1(CN)CCSC1C. The summed E-state index contributed by atoms with van der Waals surface area (Å²) < 4.78 is 0. The molecular weight excluding hydrogens is 212 g/mol. The van der Waals surface area contributed by atoms with Crippen molar-refractivity contribution in [2.24, 2.45) is 5.73 Å². The second kappa shape index (κ2) is 5.64. The van der Waals surface area contributed by atoms with E-state index in [0.717, 1.165) is 13.1 Å². The highest BCUT2D eigenvalue weighted by Crippen LogP contribution is 2.38. The number of nitrogens with zero attached hydrogens (tertiary/aromatic N) is 1. The van der Waals surface area contributed by atoms with E-state index in [1.54, 1.807) is 0 Å². The van der Waals surface area contributed by atoms with E-state index in [4.69, 9.17) is 5.73 Å². The third kappa shape index (κ3) is 2.40. The first-order chi connectivity index (χ1) is 6.67. The molecule has 2 N–H and O–H groups in total. The summed E-state index contributed by atoms with van der Waals surface area (Å²) in [5.41, 5.74) is 6.23. The van der Waals surface area contributed by atoms with Crippen molar-refractivity contribution in [3.63, 3.8) is 0 Å². The van der Waals surface area contributed by atoms with Gasteiger partial charge in [0.25, 0.3) is 0 Å². The minimum Gasteiger partial charge on any atom is -0.329 e. The molecule has 0 aromatic heterocycles.